The van der Waals surface area contributed by atoms with Crippen molar-refractivity contribution in [1.82, 2.24) is 5.32 Å². The van der Waals surface area contributed by atoms with E-state index in [1.165, 1.54) is 0 Å². The number of ether oxygens (including phenoxy) is 1. The summed E-state index contributed by atoms with van der Waals surface area (Å²) in [5.41, 5.74) is 0.640. The molecule has 1 saturated heterocycles. The van der Waals surface area contributed by atoms with Crippen molar-refractivity contribution in [3.05, 3.63) is 22.7 Å². The number of halogens is 1. The molecule has 1 aliphatic rings. The molecule has 0 bridgehead atoms. The Labute approximate surface area is 113 Å². The highest BCUT2D eigenvalue weighted by Crippen LogP contribution is 2.28. The van der Waals surface area contributed by atoms with E-state index in [0.29, 0.717) is 24.3 Å². The van der Waals surface area contributed by atoms with Crippen molar-refractivity contribution in [2.75, 3.05) is 12.4 Å². The van der Waals surface area contributed by atoms with E-state index in [4.69, 9.17) is 4.74 Å². The van der Waals surface area contributed by atoms with Gasteiger partial charge >= 0.3 is 0 Å². The highest BCUT2D eigenvalue weighted by atomic mass is 79.9. The summed E-state index contributed by atoms with van der Waals surface area (Å²) in [5.74, 6) is 0.358. The molecule has 1 aliphatic heterocycles. The van der Waals surface area contributed by atoms with Gasteiger partial charge in [-0.1, -0.05) is 0 Å². The number of hydrogen-bond acceptors (Lipinski definition) is 3. The third kappa shape index (κ3) is 2.81. The SMILES string of the molecule is COc1cc(NC(=O)[C@H]2CCC(=O)N2)ccc1Br. The van der Waals surface area contributed by atoms with Crippen LogP contribution in [0.25, 0.3) is 0 Å². The first kappa shape index (κ1) is 12.9. The minimum Gasteiger partial charge on any atom is -0.495 e. The molecule has 2 N–H and O–H groups in total. The first-order valence-electron chi connectivity index (χ1n) is 5.54. The molecule has 1 aromatic rings. The van der Waals surface area contributed by atoms with E-state index in [9.17, 15) is 9.59 Å². The Morgan fingerprint density at radius 1 is 1.56 bits per heavy atom. The number of anilines is 1. The molecule has 5 nitrogen and oxygen atoms in total. The molecule has 1 aromatic carbocycles. The highest BCUT2D eigenvalue weighted by molar-refractivity contribution is 9.10. The van der Waals surface area contributed by atoms with Gasteiger partial charge < -0.3 is 15.4 Å². The fourth-order valence-electron chi connectivity index (χ4n) is 1.78. The van der Waals surface area contributed by atoms with Gasteiger partial charge in [0.1, 0.15) is 11.8 Å². The Kier molecular flexibility index (Phi) is 3.86. The van der Waals surface area contributed by atoms with Crippen molar-refractivity contribution in [3.63, 3.8) is 0 Å². The monoisotopic (exact) mass is 312 g/mol. The topological polar surface area (TPSA) is 67.4 Å². The van der Waals surface area contributed by atoms with Crippen LogP contribution in [0, 0.1) is 0 Å². The molecule has 0 radical (unpaired) electrons. The predicted molar refractivity (Wildman–Crippen MR) is 70.5 cm³/mol. The summed E-state index contributed by atoms with van der Waals surface area (Å²) in [6, 6.07) is 4.84. The second-order valence-corrected chi connectivity index (χ2v) is 4.85. The van der Waals surface area contributed by atoms with Gasteiger partial charge in [0.15, 0.2) is 0 Å². The quantitative estimate of drug-likeness (QED) is 0.892. The first-order valence-corrected chi connectivity index (χ1v) is 6.33. The minimum absolute atomic E-state index is 0.0801. The molecule has 1 fully saturated rings. The molecular formula is C12H13BrN2O3. The second kappa shape index (κ2) is 5.39. The van der Waals surface area contributed by atoms with Crippen LogP contribution in [0.3, 0.4) is 0 Å². The molecule has 0 unspecified atom stereocenters. The van der Waals surface area contributed by atoms with Crippen LogP contribution in [0.1, 0.15) is 12.8 Å². The largest absolute Gasteiger partial charge is 0.495 e. The van der Waals surface area contributed by atoms with Gasteiger partial charge in [0, 0.05) is 18.2 Å². The Balaban J connectivity index is 2.05. The van der Waals surface area contributed by atoms with E-state index in [-0.39, 0.29) is 11.8 Å². The van der Waals surface area contributed by atoms with E-state index < -0.39 is 6.04 Å². The predicted octanol–water partition coefficient (Wildman–Crippen LogP) is 1.67. The van der Waals surface area contributed by atoms with Crippen molar-refractivity contribution >= 4 is 33.4 Å². The van der Waals surface area contributed by atoms with Crippen LogP contribution in [-0.2, 0) is 9.59 Å². The summed E-state index contributed by atoms with van der Waals surface area (Å²) in [4.78, 5) is 22.9. The lowest BCUT2D eigenvalue weighted by molar-refractivity contribution is -0.122. The minimum atomic E-state index is -0.438. The summed E-state index contributed by atoms with van der Waals surface area (Å²) in [7, 11) is 1.56. The number of carbonyl (C=O) groups is 2. The molecule has 1 heterocycles. The summed E-state index contributed by atoms with van der Waals surface area (Å²) in [6.07, 6.45) is 0.945. The van der Waals surface area contributed by atoms with Gasteiger partial charge in [-0.25, -0.2) is 0 Å². The molecule has 6 heteroatoms. The number of benzene rings is 1. The molecule has 0 saturated carbocycles. The van der Waals surface area contributed by atoms with E-state index in [2.05, 4.69) is 26.6 Å². The van der Waals surface area contributed by atoms with Gasteiger partial charge in [-0.05, 0) is 34.5 Å². The van der Waals surface area contributed by atoms with E-state index >= 15 is 0 Å². The van der Waals surface area contributed by atoms with Gasteiger partial charge in [-0.2, -0.15) is 0 Å². The second-order valence-electron chi connectivity index (χ2n) is 4.00. The average molecular weight is 313 g/mol. The third-order valence-electron chi connectivity index (χ3n) is 2.73. The van der Waals surface area contributed by atoms with Crippen LogP contribution in [-0.4, -0.2) is 25.0 Å². The first-order chi connectivity index (χ1) is 8.60. The average Bonchev–Trinajstić information content (AvgIpc) is 2.78. The lowest BCUT2D eigenvalue weighted by Gasteiger charge is -2.12. The molecule has 2 rings (SSSR count). The highest BCUT2D eigenvalue weighted by Gasteiger charge is 2.27. The molecule has 18 heavy (non-hydrogen) atoms. The Bertz CT molecular complexity index is 490. The zero-order chi connectivity index (χ0) is 13.1. The number of methoxy groups -OCH3 is 1. The van der Waals surface area contributed by atoms with Gasteiger partial charge in [-0.15, -0.1) is 0 Å². The van der Waals surface area contributed by atoms with Crippen molar-refractivity contribution < 1.29 is 14.3 Å². The van der Waals surface area contributed by atoms with E-state index in [1.54, 1.807) is 25.3 Å². The van der Waals surface area contributed by atoms with Crippen LogP contribution in [0.2, 0.25) is 0 Å². The fraction of sp³-hybridized carbons (Fsp3) is 0.333. The molecule has 96 valence electrons. The number of rotatable bonds is 3. The summed E-state index contributed by atoms with van der Waals surface area (Å²) < 4.78 is 5.96. The van der Waals surface area contributed by atoms with Crippen LogP contribution in [0.4, 0.5) is 5.69 Å². The maximum atomic E-state index is 11.9. The van der Waals surface area contributed by atoms with E-state index in [1.807, 2.05) is 0 Å². The Morgan fingerprint density at radius 3 is 2.94 bits per heavy atom. The normalized spacial score (nSPS) is 18.3. The number of carbonyl (C=O) groups excluding carboxylic acids is 2. The van der Waals surface area contributed by atoms with Gasteiger partial charge in [-0.3, -0.25) is 9.59 Å². The van der Waals surface area contributed by atoms with Crippen molar-refractivity contribution in [2.45, 2.75) is 18.9 Å². The lowest BCUT2D eigenvalue weighted by Crippen LogP contribution is -2.37. The van der Waals surface area contributed by atoms with Crippen molar-refractivity contribution in [1.29, 1.82) is 0 Å². The summed E-state index contributed by atoms with van der Waals surface area (Å²) >= 11 is 3.34. The van der Waals surface area contributed by atoms with Crippen molar-refractivity contribution in [3.8, 4) is 5.75 Å². The lowest BCUT2D eigenvalue weighted by atomic mass is 10.2. The number of amides is 2. The van der Waals surface area contributed by atoms with Crippen molar-refractivity contribution in [2.24, 2.45) is 0 Å². The zero-order valence-electron chi connectivity index (χ0n) is 9.83. The molecule has 0 aromatic heterocycles. The van der Waals surface area contributed by atoms with Crippen LogP contribution in [0.5, 0.6) is 5.75 Å². The number of nitrogens with one attached hydrogen (secondary N) is 2. The fourth-order valence-corrected chi connectivity index (χ4v) is 2.19. The molecular weight excluding hydrogens is 300 g/mol. The molecule has 1 atom stereocenters. The summed E-state index contributed by atoms with van der Waals surface area (Å²) in [5, 5.41) is 5.37. The number of hydrogen-bond donors (Lipinski definition) is 2. The Hall–Kier alpha value is -1.56. The molecule has 0 spiro atoms. The standard InChI is InChI=1S/C12H13BrN2O3/c1-18-10-6-7(2-3-8(10)13)14-12(17)9-4-5-11(16)15-9/h2-3,6,9H,4-5H2,1H3,(H,14,17)(H,15,16)/t9-/m1/s1. The zero-order valence-corrected chi connectivity index (χ0v) is 11.4. The van der Waals surface area contributed by atoms with Crippen LogP contribution in [0.15, 0.2) is 22.7 Å². The maximum absolute atomic E-state index is 11.9. The van der Waals surface area contributed by atoms with E-state index in [0.717, 1.165) is 4.47 Å². The van der Waals surface area contributed by atoms with Crippen LogP contribution < -0.4 is 15.4 Å². The Morgan fingerprint density at radius 2 is 2.33 bits per heavy atom. The third-order valence-corrected chi connectivity index (χ3v) is 3.39. The molecule has 2 amide bonds. The summed E-state index contributed by atoms with van der Waals surface area (Å²) in [6.45, 7) is 0. The van der Waals surface area contributed by atoms with Gasteiger partial charge in [0.05, 0.1) is 11.6 Å². The van der Waals surface area contributed by atoms with Crippen LogP contribution >= 0.6 is 15.9 Å². The molecule has 0 aliphatic carbocycles. The maximum Gasteiger partial charge on any atom is 0.246 e. The smallest absolute Gasteiger partial charge is 0.246 e. The van der Waals surface area contributed by atoms with Gasteiger partial charge in [0.2, 0.25) is 11.8 Å². The van der Waals surface area contributed by atoms with Gasteiger partial charge in [0.25, 0.3) is 0 Å².